The molecule has 0 saturated heterocycles. The van der Waals surface area contributed by atoms with E-state index in [1.165, 1.54) is 43.5 Å². The Labute approximate surface area is 498 Å². The summed E-state index contributed by atoms with van der Waals surface area (Å²) in [4.78, 5) is 50.6. The molecule has 6 aromatic carbocycles. The van der Waals surface area contributed by atoms with Gasteiger partial charge in [0.1, 0.15) is 43.4 Å². The molecular formula is C51H45F12I3N6O10. The van der Waals surface area contributed by atoms with Crippen LogP contribution in [-0.4, -0.2) is 91.1 Å². The number of anilines is 6. The molecule has 6 aromatic rings. The minimum absolute atomic E-state index is 0.00485. The third kappa shape index (κ3) is 21.8. The Kier molecular flexibility index (Phi) is 27.6. The van der Waals surface area contributed by atoms with E-state index >= 15 is 0 Å². The number of methoxy groups -OCH3 is 1. The molecule has 6 rings (SSSR count). The predicted octanol–water partition coefficient (Wildman–Crippen LogP) is 11.4. The summed E-state index contributed by atoms with van der Waals surface area (Å²) in [5.41, 5.74) is 3.64. The van der Waals surface area contributed by atoms with Crippen molar-refractivity contribution in [1.82, 2.24) is 16.4 Å². The first-order valence-corrected chi connectivity index (χ1v) is 26.3. The molecule has 0 aliphatic rings. The summed E-state index contributed by atoms with van der Waals surface area (Å²) in [6, 6.07) is 16.3. The Bertz CT molecular complexity index is 3040. The van der Waals surface area contributed by atoms with Gasteiger partial charge in [-0.15, -0.1) is 0 Å². The Morgan fingerprint density at radius 3 is 1.05 bits per heavy atom. The van der Waals surface area contributed by atoms with Crippen molar-refractivity contribution in [3.63, 3.8) is 0 Å². The van der Waals surface area contributed by atoms with E-state index in [0.29, 0.717) is 41.4 Å². The Morgan fingerprint density at radius 1 is 0.451 bits per heavy atom. The van der Waals surface area contributed by atoms with Crippen molar-refractivity contribution >= 4 is 120 Å². The van der Waals surface area contributed by atoms with Crippen LogP contribution in [0.25, 0.3) is 0 Å². The number of carbonyl (C=O) groups excluding carboxylic acids is 3. The van der Waals surface area contributed by atoms with Gasteiger partial charge in [-0.1, -0.05) is 13.3 Å². The van der Waals surface area contributed by atoms with E-state index in [9.17, 15) is 77.3 Å². The van der Waals surface area contributed by atoms with E-state index in [4.69, 9.17) is 19.5 Å². The highest BCUT2D eigenvalue weighted by molar-refractivity contribution is 14.1. The molecule has 82 heavy (non-hydrogen) atoms. The zero-order chi connectivity index (χ0) is 61.0. The minimum atomic E-state index is -4.97. The molecule has 3 unspecified atom stereocenters. The maximum absolute atomic E-state index is 14.0. The fourth-order valence-electron chi connectivity index (χ4n) is 6.23. The number of hydrogen-bond donors (Lipinski definition) is 9. The standard InChI is InChI=1S/C18H18F3IN2O3.C17H16F3IN2O4.C16H11F6IN2O3/c1-2-3-11(25)9-27-24-18(26)12-7-13(19)14(20)8-17(12)23-16-5-4-10(22)6-15(16)21;1-26-7-10(24)8-27-23-17(25)11-5-12(18)13(19)6-16(11)22-15-3-2-9(21)4-14(15)20;17-9-4-8(15(27)25-28-6-14(26)16(20,21)22)13(5-10(9)18)24-12-2-1-7(23)3-11(12)19/h4-8,11,23,25H,2-3,9H2,1H3,(H,24,26);2-6,10,22,24H,7-8H2,1H3,(H,23,25);1-5,14,24,26H,6H2,(H,25,27). The number of hydroxylamine groups is 3. The first-order valence-electron chi connectivity index (χ1n) is 23.1. The van der Waals surface area contributed by atoms with Gasteiger partial charge in [-0.05, 0) is 147 Å². The van der Waals surface area contributed by atoms with Gasteiger partial charge in [0.2, 0.25) is 0 Å². The van der Waals surface area contributed by atoms with E-state index in [1.807, 2.05) is 80.2 Å². The topological polar surface area (TPSA) is 221 Å². The number of aliphatic hydroxyl groups excluding tert-OH is 3. The molecule has 3 amide bonds. The number of aliphatic hydroxyl groups is 3. The van der Waals surface area contributed by atoms with Gasteiger partial charge in [0.15, 0.2) is 41.0 Å². The smallest absolute Gasteiger partial charge is 0.391 e. The molecule has 0 bridgehead atoms. The van der Waals surface area contributed by atoms with E-state index in [0.717, 1.165) is 24.6 Å². The van der Waals surface area contributed by atoms with E-state index in [2.05, 4.69) is 26.3 Å². The summed E-state index contributed by atoms with van der Waals surface area (Å²) in [6.07, 6.45) is -8.37. The number of amides is 3. The van der Waals surface area contributed by atoms with Gasteiger partial charge in [0, 0.05) is 36.0 Å². The molecule has 3 atom stereocenters. The summed E-state index contributed by atoms with van der Waals surface area (Å²) in [5, 5.41) is 35.4. The Balaban J connectivity index is 0.000000264. The quantitative estimate of drug-likeness (QED) is 0.0176. The first-order chi connectivity index (χ1) is 38.6. The number of carbonyl (C=O) groups is 3. The van der Waals surface area contributed by atoms with Gasteiger partial charge in [0.05, 0.1) is 63.5 Å². The van der Waals surface area contributed by atoms with Crippen LogP contribution in [0.2, 0.25) is 0 Å². The van der Waals surface area contributed by atoms with Crippen LogP contribution < -0.4 is 32.4 Å². The van der Waals surface area contributed by atoms with E-state index < -0.39 is 107 Å². The highest BCUT2D eigenvalue weighted by atomic mass is 127. The number of halogens is 15. The molecule has 0 spiro atoms. The molecule has 0 aromatic heterocycles. The Hall–Kier alpha value is -5.80. The average Bonchev–Trinajstić information content (AvgIpc) is 3.41. The fourth-order valence-corrected chi connectivity index (χ4v) is 7.59. The second-order valence-corrected chi connectivity index (χ2v) is 20.3. The van der Waals surface area contributed by atoms with Gasteiger partial charge in [0.25, 0.3) is 17.7 Å². The van der Waals surface area contributed by atoms with Crippen LogP contribution in [-0.2, 0) is 19.2 Å². The number of nitrogens with one attached hydrogen (secondary N) is 6. The van der Waals surface area contributed by atoms with Crippen molar-refractivity contribution in [1.29, 1.82) is 0 Å². The van der Waals surface area contributed by atoms with E-state index in [-0.39, 0.29) is 65.1 Å². The highest BCUT2D eigenvalue weighted by Gasteiger charge is 2.38. The molecule has 16 nitrogen and oxygen atoms in total. The highest BCUT2D eigenvalue weighted by Crippen LogP contribution is 2.30. The summed E-state index contributed by atoms with van der Waals surface area (Å²) in [5.74, 6) is -12.7. The van der Waals surface area contributed by atoms with Crippen LogP contribution >= 0.6 is 67.8 Å². The summed E-state index contributed by atoms with van der Waals surface area (Å²) in [6.45, 7) is 0.105. The van der Waals surface area contributed by atoms with Crippen LogP contribution in [0.4, 0.5) is 86.8 Å². The monoisotopic (exact) mass is 1510 g/mol. The van der Waals surface area contributed by atoms with Crippen molar-refractivity contribution in [2.45, 2.75) is 44.3 Å². The van der Waals surface area contributed by atoms with Crippen LogP contribution in [0, 0.1) is 63.1 Å². The molecule has 0 radical (unpaired) electrons. The van der Waals surface area contributed by atoms with Crippen molar-refractivity contribution < 1.29 is 102 Å². The number of rotatable bonds is 22. The average molecular weight is 1510 g/mol. The normalized spacial score (nSPS) is 12.1. The first kappa shape index (κ1) is 68.7. The van der Waals surface area contributed by atoms with Gasteiger partial charge < -0.3 is 36.0 Å². The second-order valence-electron chi connectivity index (χ2n) is 16.5. The second kappa shape index (κ2) is 32.9. The van der Waals surface area contributed by atoms with Crippen molar-refractivity contribution in [2.24, 2.45) is 0 Å². The Morgan fingerprint density at radius 2 is 0.756 bits per heavy atom. The number of alkyl halides is 3. The number of ether oxygens (including phenoxy) is 1. The zero-order valence-electron chi connectivity index (χ0n) is 42.0. The van der Waals surface area contributed by atoms with Gasteiger partial charge in [-0.25, -0.2) is 56.0 Å². The van der Waals surface area contributed by atoms with Crippen LogP contribution in [0.15, 0.2) is 91.0 Å². The largest absolute Gasteiger partial charge is 0.416 e. The zero-order valence-corrected chi connectivity index (χ0v) is 48.5. The molecule has 0 fully saturated rings. The fraction of sp³-hybridized carbons (Fsp3) is 0.235. The number of benzene rings is 6. The summed E-state index contributed by atoms with van der Waals surface area (Å²) < 4.78 is 167. The van der Waals surface area contributed by atoms with Gasteiger partial charge in [-0.2, -0.15) is 13.2 Å². The van der Waals surface area contributed by atoms with Gasteiger partial charge >= 0.3 is 6.18 Å². The molecule has 444 valence electrons. The van der Waals surface area contributed by atoms with E-state index in [1.54, 1.807) is 17.6 Å². The lowest BCUT2D eigenvalue weighted by Gasteiger charge is -2.16. The lowest BCUT2D eigenvalue weighted by atomic mass is 10.1. The molecule has 0 aliphatic heterocycles. The lowest BCUT2D eigenvalue weighted by molar-refractivity contribution is -0.221. The maximum Gasteiger partial charge on any atom is 0.416 e. The minimum Gasteiger partial charge on any atom is -0.391 e. The summed E-state index contributed by atoms with van der Waals surface area (Å²) in [7, 11) is 1.38. The summed E-state index contributed by atoms with van der Waals surface area (Å²) >= 11 is 5.69. The predicted molar refractivity (Wildman–Crippen MR) is 297 cm³/mol. The molecule has 9 N–H and O–H groups in total. The third-order valence-electron chi connectivity index (χ3n) is 10.2. The maximum atomic E-state index is 14.0. The van der Waals surface area contributed by atoms with Crippen molar-refractivity contribution in [3.05, 3.63) is 171 Å². The SMILES string of the molecule is CCCC(O)CONC(=O)c1cc(F)c(F)cc1Nc1ccc(I)cc1F.COCC(O)CONC(=O)c1cc(F)c(F)cc1Nc1ccc(I)cc1F.O=C(NOCC(O)C(F)(F)F)c1cc(F)c(F)cc1Nc1ccc(I)cc1F. The van der Waals surface area contributed by atoms with Crippen molar-refractivity contribution in [2.75, 3.05) is 49.5 Å². The van der Waals surface area contributed by atoms with Crippen LogP contribution in [0.1, 0.15) is 50.8 Å². The van der Waals surface area contributed by atoms with Crippen LogP contribution in [0.5, 0.6) is 0 Å². The molecular weight excluding hydrogens is 1470 g/mol. The van der Waals surface area contributed by atoms with Crippen LogP contribution in [0.3, 0.4) is 0 Å². The third-order valence-corrected chi connectivity index (χ3v) is 12.2. The molecule has 31 heteroatoms. The molecule has 0 saturated carbocycles. The van der Waals surface area contributed by atoms with Gasteiger partial charge in [-0.3, -0.25) is 28.9 Å². The molecule has 0 aliphatic carbocycles. The molecule has 0 heterocycles. The number of hydrogen-bond acceptors (Lipinski definition) is 13. The van der Waals surface area contributed by atoms with Crippen molar-refractivity contribution in [3.8, 4) is 0 Å². The lowest BCUT2D eigenvalue weighted by Crippen LogP contribution is -2.36.